The molecule has 0 aromatic rings. The summed E-state index contributed by atoms with van der Waals surface area (Å²) in [5, 5.41) is 23.4. The monoisotopic (exact) mass is 310 g/mol. The smallest absolute Gasteiger partial charge is 0.230 e. The molecule has 4 N–H and O–H groups in total. The quantitative estimate of drug-likeness (QED) is 0.288. The van der Waals surface area contributed by atoms with Gasteiger partial charge in [0.1, 0.15) is 0 Å². The second-order valence-corrected chi connectivity index (χ2v) is 5.06. The van der Waals surface area contributed by atoms with Gasteiger partial charge in [0.15, 0.2) is 0 Å². The first-order chi connectivity index (χ1) is 9.70. The molecule has 120 valence electrons. The number of carbonyl (C=O) groups is 1. The Hall–Kier alpha value is -0.380. The second kappa shape index (κ2) is 15.0. The summed E-state index contributed by atoms with van der Waals surface area (Å²) in [6.45, 7) is 3.16. The summed E-state index contributed by atoms with van der Waals surface area (Å²) < 4.78 is 10.5. The number of thioether (sulfide) groups is 1. The van der Waals surface area contributed by atoms with Crippen LogP contribution >= 0.6 is 11.8 Å². The molecule has 1 amide bonds. The van der Waals surface area contributed by atoms with Gasteiger partial charge < -0.3 is 30.3 Å². The number of hydrogen-bond acceptors (Lipinski definition) is 7. The Bertz CT molecular complexity index is 234. The molecule has 0 spiro atoms. The third kappa shape index (κ3) is 14.0. The van der Waals surface area contributed by atoms with Crippen LogP contribution in [0.5, 0.6) is 0 Å². The molecule has 0 aliphatic heterocycles. The third-order valence-electron chi connectivity index (χ3n) is 2.19. The lowest BCUT2D eigenvalue weighted by Gasteiger charge is -2.08. The number of likely N-dealkylation sites (N-methyl/N-ethyl adjacent to an activating group) is 1. The molecule has 20 heavy (non-hydrogen) atoms. The normalized spacial score (nSPS) is 12.3. The highest BCUT2D eigenvalue weighted by atomic mass is 32.2. The number of hydrogen-bond donors (Lipinski definition) is 4. The van der Waals surface area contributed by atoms with E-state index in [-0.39, 0.29) is 18.3 Å². The maximum absolute atomic E-state index is 11.4. The highest BCUT2D eigenvalue weighted by molar-refractivity contribution is 7.99. The van der Waals surface area contributed by atoms with Gasteiger partial charge in [-0.3, -0.25) is 4.79 Å². The zero-order valence-electron chi connectivity index (χ0n) is 12.0. The molecule has 0 heterocycles. The van der Waals surface area contributed by atoms with E-state index in [1.165, 1.54) is 11.8 Å². The van der Waals surface area contributed by atoms with Crippen LogP contribution in [0.3, 0.4) is 0 Å². The van der Waals surface area contributed by atoms with Gasteiger partial charge in [-0.15, -0.1) is 11.8 Å². The van der Waals surface area contributed by atoms with E-state index >= 15 is 0 Å². The lowest BCUT2D eigenvalue weighted by Crippen LogP contribution is -2.29. The van der Waals surface area contributed by atoms with Crippen molar-refractivity contribution >= 4 is 17.7 Å². The van der Waals surface area contributed by atoms with E-state index in [1.807, 2.05) is 7.05 Å². The summed E-state index contributed by atoms with van der Waals surface area (Å²) >= 11 is 1.28. The van der Waals surface area contributed by atoms with E-state index < -0.39 is 6.10 Å². The van der Waals surface area contributed by atoms with Gasteiger partial charge in [-0.2, -0.15) is 0 Å². The van der Waals surface area contributed by atoms with Crippen molar-refractivity contribution in [3.63, 3.8) is 0 Å². The van der Waals surface area contributed by atoms with Gasteiger partial charge >= 0.3 is 0 Å². The maximum atomic E-state index is 11.4. The summed E-state index contributed by atoms with van der Waals surface area (Å²) in [5.41, 5.74) is 0. The average Bonchev–Trinajstić information content (AvgIpc) is 2.45. The summed E-state index contributed by atoms with van der Waals surface area (Å²) in [5.74, 6) is 0.517. The molecular weight excluding hydrogens is 284 g/mol. The number of amides is 1. The summed E-state index contributed by atoms with van der Waals surface area (Å²) in [6, 6.07) is 0. The van der Waals surface area contributed by atoms with Crippen LogP contribution in [0.4, 0.5) is 0 Å². The lowest BCUT2D eigenvalue weighted by molar-refractivity contribution is -0.118. The van der Waals surface area contributed by atoms with Crippen LogP contribution in [0.1, 0.15) is 0 Å². The van der Waals surface area contributed by atoms with Crippen molar-refractivity contribution in [1.82, 2.24) is 10.6 Å². The minimum absolute atomic E-state index is 0.103. The summed E-state index contributed by atoms with van der Waals surface area (Å²) in [7, 11) is 1.87. The fourth-order valence-electron chi connectivity index (χ4n) is 1.15. The highest BCUT2D eigenvalue weighted by Gasteiger charge is 2.05. The molecule has 7 nitrogen and oxygen atoms in total. The van der Waals surface area contributed by atoms with Crippen LogP contribution < -0.4 is 10.6 Å². The van der Waals surface area contributed by atoms with Gasteiger partial charge in [0, 0.05) is 18.8 Å². The van der Waals surface area contributed by atoms with Gasteiger partial charge in [0.2, 0.25) is 5.91 Å². The van der Waals surface area contributed by atoms with Crippen LogP contribution in [-0.4, -0.2) is 86.9 Å². The van der Waals surface area contributed by atoms with Crippen molar-refractivity contribution in [2.45, 2.75) is 6.10 Å². The molecule has 0 aromatic carbocycles. The summed E-state index contributed by atoms with van der Waals surface area (Å²) in [6.07, 6.45) is -0.765. The summed E-state index contributed by atoms with van der Waals surface area (Å²) in [4.78, 5) is 11.4. The van der Waals surface area contributed by atoms with E-state index in [0.717, 1.165) is 6.54 Å². The van der Waals surface area contributed by atoms with E-state index in [4.69, 9.17) is 19.7 Å². The second-order valence-electron chi connectivity index (χ2n) is 4.03. The molecule has 0 aliphatic rings. The minimum atomic E-state index is -0.765. The third-order valence-corrected chi connectivity index (χ3v) is 3.28. The fraction of sp³-hybridized carbons (Fsp3) is 0.917. The zero-order valence-corrected chi connectivity index (χ0v) is 12.8. The van der Waals surface area contributed by atoms with Crippen LogP contribution in [0.25, 0.3) is 0 Å². The van der Waals surface area contributed by atoms with Gasteiger partial charge in [-0.25, -0.2) is 0 Å². The van der Waals surface area contributed by atoms with Gasteiger partial charge in [0.25, 0.3) is 0 Å². The van der Waals surface area contributed by atoms with Gasteiger partial charge in [-0.05, 0) is 7.05 Å². The molecule has 0 rings (SSSR count). The Labute approximate surface area is 124 Å². The highest BCUT2D eigenvalue weighted by Crippen LogP contribution is 2.01. The number of aliphatic hydroxyl groups excluding tert-OH is 2. The first-order valence-electron chi connectivity index (χ1n) is 6.64. The minimum Gasteiger partial charge on any atom is -0.394 e. The van der Waals surface area contributed by atoms with E-state index in [2.05, 4.69) is 10.6 Å². The standard InChI is InChI=1S/C12H26N2O5S/c1-13-2-4-18-6-7-19-5-3-14-12(17)10-20-9-11(16)8-15/h11,13,15-16H,2-10H2,1H3,(H,14,17). The number of nitrogens with one attached hydrogen (secondary N) is 2. The molecular formula is C12H26N2O5S. The molecule has 0 saturated carbocycles. The lowest BCUT2D eigenvalue weighted by atomic mass is 10.4. The van der Waals surface area contributed by atoms with Crippen LogP contribution in [0.15, 0.2) is 0 Å². The van der Waals surface area contributed by atoms with E-state index in [9.17, 15) is 4.79 Å². The molecule has 0 radical (unpaired) electrons. The topological polar surface area (TPSA) is 100 Å². The molecule has 0 aliphatic carbocycles. The Morgan fingerprint density at radius 1 is 1.20 bits per heavy atom. The number of aliphatic hydroxyl groups is 2. The molecule has 0 aromatic heterocycles. The molecule has 0 saturated heterocycles. The van der Waals surface area contributed by atoms with Crippen molar-refractivity contribution in [3.05, 3.63) is 0 Å². The zero-order chi connectivity index (χ0) is 15.1. The maximum Gasteiger partial charge on any atom is 0.230 e. The molecule has 8 heteroatoms. The van der Waals surface area contributed by atoms with Crippen molar-refractivity contribution in [3.8, 4) is 0 Å². The van der Waals surface area contributed by atoms with Crippen LogP contribution in [0, 0.1) is 0 Å². The number of ether oxygens (including phenoxy) is 2. The average molecular weight is 310 g/mol. The number of rotatable bonds is 14. The number of carbonyl (C=O) groups excluding carboxylic acids is 1. The predicted molar refractivity (Wildman–Crippen MR) is 79.0 cm³/mol. The Morgan fingerprint density at radius 3 is 2.45 bits per heavy atom. The van der Waals surface area contributed by atoms with Crippen molar-refractivity contribution < 1.29 is 24.5 Å². The van der Waals surface area contributed by atoms with Gasteiger partial charge in [-0.1, -0.05) is 0 Å². The largest absolute Gasteiger partial charge is 0.394 e. The van der Waals surface area contributed by atoms with Crippen molar-refractivity contribution in [2.24, 2.45) is 0 Å². The first kappa shape index (κ1) is 19.6. The predicted octanol–water partition coefficient (Wildman–Crippen LogP) is -1.56. The Kier molecular flexibility index (Phi) is 14.7. The van der Waals surface area contributed by atoms with Gasteiger partial charge in [0.05, 0.1) is 44.9 Å². The molecule has 1 unspecified atom stereocenters. The SMILES string of the molecule is CNCCOCCOCCNC(=O)CSCC(O)CO. The molecule has 0 bridgehead atoms. The first-order valence-corrected chi connectivity index (χ1v) is 7.79. The van der Waals surface area contributed by atoms with Crippen molar-refractivity contribution in [2.75, 3.05) is 64.7 Å². The Morgan fingerprint density at radius 2 is 1.85 bits per heavy atom. The Balaban J connectivity index is 3.19. The van der Waals surface area contributed by atoms with Crippen LogP contribution in [-0.2, 0) is 14.3 Å². The molecule has 1 atom stereocenters. The molecule has 0 fully saturated rings. The van der Waals surface area contributed by atoms with E-state index in [1.54, 1.807) is 0 Å². The van der Waals surface area contributed by atoms with E-state index in [0.29, 0.717) is 38.7 Å². The fourth-order valence-corrected chi connectivity index (χ4v) is 1.93. The van der Waals surface area contributed by atoms with Crippen molar-refractivity contribution in [1.29, 1.82) is 0 Å². The van der Waals surface area contributed by atoms with Crippen LogP contribution in [0.2, 0.25) is 0 Å².